The normalized spacial score (nSPS) is 12.9. The van der Waals surface area contributed by atoms with Gasteiger partial charge in [-0.15, -0.1) is 0 Å². The van der Waals surface area contributed by atoms with E-state index >= 15 is 0 Å². The standard InChI is InChI=1S/2C53H111NO6Si2/c2*1-9-13-17-21-26-33-41-51(42-34-27-22-18-14-10-2)58-52(56)43-35-28-25-29-37-45-54(47-48-55)46-38-32-36-44-53(57-49-39-30-23-19-15-11-3)59-62(7,8)60-61(5,6)50-40-31-24-20-16-12-4/h2*51,53,55H,9-50H2,1-8H3. The van der Waals surface area contributed by atoms with Gasteiger partial charge in [-0.25, -0.2) is 0 Å². The molecule has 0 amide bonds. The Kier molecular flexibility index (Phi) is 93.9. The van der Waals surface area contributed by atoms with Crippen LogP contribution in [0.3, 0.4) is 0 Å². The van der Waals surface area contributed by atoms with E-state index in [1.807, 2.05) is 0 Å². The van der Waals surface area contributed by atoms with Crippen molar-refractivity contribution >= 4 is 45.7 Å². The Balaban J connectivity index is 0. The van der Waals surface area contributed by atoms with E-state index in [0.717, 1.165) is 194 Å². The van der Waals surface area contributed by atoms with Crippen molar-refractivity contribution in [2.24, 2.45) is 0 Å². The van der Waals surface area contributed by atoms with Gasteiger partial charge in [0.15, 0.2) is 16.6 Å². The van der Waals surface area contributed by atoms with Crippen LogP contribution in [0.1, 0.15) is 518 Å². The number of esters is 2. The number of ether oxygens (including phenoxy) is 4. The van der Waals surface area contributed by atoms with Crippen LogP contribution in [0.2, 0.25) is 64.5 Å². The highest BCUT2D eigenvalue weighted by Crippen LogP contribution is 2.30. The Hall–Kier alpha value is -0.592. The van der Waals surface area contributed by atoms with Gasteiger partial charge in [-0.3, -0.25) is 9.59 Å². The zero-order valence-corrected chi connectivity index (χ0v) is 90.6. The maximum Gasteiger partial charge on any atom is 0.323 e. The first-order chi connectivity index (χ1) is 60.0. The van der Waals surface area contributed by atoms with Crippen LogP contribution in [0, 0.1) is 0 Å². The number of rotatable bonds is 100. The molecule has 0 radical (unpaired) electrons. The highest BCUT2D eigenvalue weighted by molar-refractivity contribution is 6.82. The molecule has 0 spiro atoms. The number of aliphatic hydroxyl groups excluding tert-OH is 2. The molecule has 0 fully saturated rings. The van der Waals surface area contributed by atoms with Crippen LogP contribution >= 0.6 is 0 Å². The van der Waals surface area contributed by atoms with E-state index in [1.165, 1.54) is 320 Å². The van der Waals surface area contributed by atoms with Gasteiger partial charge in [0.25, 0.3) is 0 Å². The summed E-state index contributed by atoms with van der Waals surface area (Å²) in [6, 6.07) is 2.42. The van der Waals surface area contributed by atoms with Crippen molar-refractivity contribution in [1.29, 1.82) is 0 Å². The van der Waals surface area contributed by atoms with Crippen molar-refractivity contribution in [2.45, 2.75) is 607 Å². The molecule has 0 heterocycles. The fraction of sp³-hybridized carbons (Fsp3) is 0.981. The zero-order chi connectivity index (χ0) is 91.7. The van der Waals surface area contributed by atoms with Crippen molar-refractivity contribution in [2.75, 3.05) is 65.7 Å². The van der Waals surface area contributed by atoms with Gasteiger partial charge < -0.3 is 56.0 Å². The molecule has 14 nitrogen and oxygen atoms in total. The van der Waals surface area contributed by atoms with E-state index in [1.54, 1.807) is 0 Å². The number of carbonyl (C=O) groups is 2. The number of unbranched alkanes of at least 4 members (excludes halogenated alkanes) is 52. The fourth-order valence-corrected chi connectivity index (χ4v) is 33.5. The molecule has 0 aliphatic carbocycles. The number of aliphatic hydroxyl groups is 2. The molecule has 744 valence electrons. The summed E-state index contributed by atoms with van der Waals surface area (Å²) in [7, 11) is -8.31. The fourth-order valence-electron chi connectivity index (χ4n) is 17.8. The molecule has 0 aromatic rings. The molecule has 2 unspecified atom stereocenters. The van der Waals surface area contributed by atoms with Gasteiger partial charge in [0.2, 0.25) is 0 Å². The van der Waals surface area contributed by atoms with Crippen LogP contribution < -0.4 is 0 Å². The number of hydrogen-bond donors (Lipinski definition) is 2. The maximum absolute atomic E-state index is 12.8. The molecule has 124 heavy (non-hydrogen) atoms. The topological polar surface area (TPSA) is 155 Å². The molecule has 18 heteroatoms. The number of carbonyl (C=O) groups excluding carboxylic acids is 2. The van der Waals surface area contributed by atoms with Gasteiger partial charge in [-0.1, -0.05) is 376 Å². The SMILES string of the molecule is CCCCCCCCOC(CCCCCN(CCO)CCCCCCCC(=O)OC(CCCCCCCC)CCCCCCCC)O[Si](C)(C)O[Si](C)(C)CCCCCCCC.CCCCCCCCOC(CCCCCN(CCO)CCCCCCCC(=O)OC(CCCCCCCC)CCCCCCCC)O[Si](C)(C)O[Si](C)(C)CCCCCCCC. The zero-order valence-electron chi connectivity index (χ0n) is 86.6. The van der Waals surface area contributed by atoms with E-state index in [0.29, 0.717) is 12.8 Å². The Morgan fingerprint density at radius 2 is 0.460 bits per heavy atom. The molecule has 0 aliphatic rings. The van der Waals surface area contributed by atoms with Gasteiger partial charge in [0.1, 0.15) is 24.8 Å². The smallest absolute Gasteiger partial charge is 0.323 e. The van der Waals surface area contributed by atoms with E-state index < -0.39 is 33.8 Å². The minimum Gasteiger partial charge on any atom is -0.462 e. The molecule has 0 aromatic heterocycles. The first-order valence-electron chi connectivity index (χ1n) is 55.1. The van der Waals surface area contributed by atoms with Crippen LogP contribution in [0.25, 0.3) is 0 Å². The number of hydrogen-bond acceptors (Lipinski definition) is 14. The van der Waals surface area contributed by atoms with E-state index in [2.05, 4.69) is 118 Å². The van der Waals surface area contributed by atoms with Crippen molar-refractivity contribution in [3.63, 3.8) is 0 Å². The second kappa shape index (κ2) is 92.8. The van der Waals surface area contributed by atoms with E-state index in [4.69, 9.17) is 36.0 Å². The van der Waals surface area contributed by atoms with Gasteiger partial charge >= 0.3 is 29.1 Å². The summed E-state index contributed by atoms with van der Waals surface area (Å²) in [5.74, 6) is 0.0405. The average Bonchev–Trinajstić information content (AvgIpc) is 0.858. The predicted molar refractivity (Wildman–Crippen MR) is 548 cm³/mol. The summed E-state index contributed by atoms with van der Waals surface area (Å²) in [5.41, 5.74) is 0. The third-order valence-electron chi connectivity index (χ3n) is 25.2. The van der Waals surface area contributed by atoms with Crippen LogP contribution in [-0.4, -0.2) is 156 Å². The summed E-state index contributed by atoms with van der Waals surface area (Å²) >= 11 is 0. The molecule has 0 aromatic carbocycles. The Morgan fingerprint density at radius 3 is 0.718 bits per heavy atom. The number of nitrogens with zero attached hydrogens (tertiary/aromatic N) is 2. The van der Waals surface area contributed by atoms with Crippen LogP contribution in [0.4, 0.5) is 0 Å². The van der Waals surface area contributed by atoms with E-state index in [-0.39, 0.29) is 49.9 Å². The minimum absolute atomic E-state index is 0.0203. The lowest BCUT2D eigenvalue weighted by atomic mass is 10.0. The van der Waals surface area contributed by atoms with Crippen LogP contribution in [0.15, 0.2) is 0 Å². The Bertz CT molecular complexity index is 1990. The van der Waals surface area contributed by atoms with Gasteiger partial charge in [-0.05, 0) is 219 Å². The largest absolute Gasteiger partial charge is 0.462 e. The minimum atomic E-state index is -2.35. The maximum atomic E-state index is 12.8. The van der Waals surface area contributed by atoms with Gasteiger partial charge in [-0.2, -0.15) is 0 Å². The molecule has 0 saturated heterocycles. The third kappa shape index (κ3) is 90.6. The quantitative estimate of drug-likeness (QED) is 0.0257. The molecule has 0 rings (SSSR count). The summed E-state index contributed by atoms with van der Waals surface area (Å²) in [6.45, 7) is 44.2. The Labute approximate surface area is 779 Å². The third-order valence-corrected chi connectivity index (χ3v) is 38.4. The summed E-state index contributed by atoms with van der Waals surface area (Å²) in [5, 5.41) is 19.6. The molecule has 2 N–H and O–H groups in total. The summed E-state index contributed by atoms with van der Waals surface area (Å²) in [4.78, 5) is 30.6. The predicted octanol–water partition coefficient (Wildman–Crippen LogP) is 33.2. The highest BCUT2D eigenvalue weighted by Gasteiger charge is 2.38. The van der Waals surface area contributed by atoms with Gasteiger partial charge in [0.05, 0.1) is 13.2 Å². The lowest BCUT2D eigenvalue weighted by Gasteiger charge is -2.36. The van der Waals surface area contributed by atoms with Gasteiger partial charge in [0, 0.05) is 39.1 Å². The highest BCUT2D eigenvalue weighted by atomic mass is 28.4. The van der Waals surface area contributed by atoms with Crippen LogP contribution in [-0.2, 0) is 45.6 Å². The second-order valence-corrected chi connectivity index (χ2v) is 56.0. The van der Waals surface area contributed by atoms with Crippen molar-refractivity contribution in [3.8, 4) is 0 Å². The molecular weight excluding hydrogens is 1610 g/mol. The van der Waals surface area contributed by atoms with Crippen molar-refractivity contribution in [3.05, 3.63) is 0 Å². The molecular formula is C106H222N2O12Si4. The first kappa shape index (κ1) is 125. The monoisotopic (exact) mass is 1830 g/mol. The lowest BCUT2D eigenvalue weighted by Crippen LogP contribution is -2.48. The Morgan fingerprint density at radius 1 is 0.250 bits per heavy atom. The molecule has 0 saturated carbocycles. The summed E-state index contributed by atoms with van der Waals surface area (Å²) < 4.78 is 52.4. The van der Waals surface area contributed by atoms with Crippen LogP contribution in [0.5, 0.6) is 0 Å². The van der Waals surface area contributed by atoms with E-state index in [9.17, 15) is 19.8 Å². The van der Waals surface area contributed by atoms with Crippen molar-refractivity contribution in [1.82, 2.24) is 9.80 Å². The molecule has 2 atom stereocenters. The molecule has 0 bridgehead atoms. The first-order valence-corrected chi connectivity index (χ1v) is 66.9. The average molecular weight is 1830 g/mol. The molecule has 0 aliphatic heterocycles. The summed E-state index contributed by atoms with van der Waals surface area (Å²) in [6.07, 6.45) is 86.5. The lowest BCUT2D eigenvalue weighted by molar-refractivity contribution is -0.151. The second-order valence-electron chi connectivity index (χ2n) is 40.2. The van der Waals surface area contributed by atoms with Crippen molar-refractivity contribution < 1.29 is 55.8 Å².